The number of nitrogens with one attached hydrogen (secondary N) is 2. The van der Waals surface area contributed by atoms with E-state index < -0.39 is 0 Å². The molecule has 6 nitrogen and oxygen atoms in total. The van der Waals surface area contributed by atoms with Gasteiger partial charge in [0, 0.05) is 29.4 Å². The molecule has 1 aromatic heterocycles. The largest absolute Gasteiger partial charge is 0.497 e. The summed E-state index contributed by atoms with van der Waals surface area (Å²) in [7, 11) is 1.62. The lowest BCUT2D eigenvalue weighted by Crippen LogP contribution is -2.22. The second-order valence-electron chi connectivity index (χ2n) is 7.39. The third kappa shape index (κ3) is 5.29. The second kappa shape index (κ2) is 9.75. The molecule has 3 aromatic carbocycles. The molecule has 2 N–H and O–H groups in total. The predicted molar refractivity (Wildman–Crippen MR) is 126 cm³/mol. The smallest absolute Gasteiger partial charge is 0.251 e. The average Bonchev–Trinajstić information content (AvgIpc) is 2.83. The summed E-state index contributed by atoms with van der Waals surface area (Å²) in [6.45, 7) is 2.48. The van der Waals surface area contributed by atoms with E-state index in [1.165, 1.54) is 5.56 Å². The first kappa shape index (κ1) is 21.1. The van der Waals surface area contributed by atoms with E-state index in [4.69, 9.17) is 4.74 Å². The first-order chi connectivity index (χ1) is 15.6. The lowest BCUT2D eigenvalue weighted by molar-refractivity contribution is 0.0951. The van der Waals surface area contributed by atoms with Crippen LogP contribution in [-0.4, -0.2) is 23.0 Å². The van der Waals surface area contributed by atoms with Crippen LogP contribution in [0.15, 0.2) is 85.2 Å². The first-order valence-electron chi connectivity index (χ1n) is 10.3. The van der Waals surface area contributed by atoms with E-state index in [2.05, 4.69) is 39.7 Å². The molecule has 160 valence electrons. The van der Waals surface area contributed by atoms with Crippen LogP contribution in [0.3, 0.4) is 0 Å². The highest BCUT2D eigenvalue weighted by molar-refractivity contribution is 5.94. The monoisotopic (exact) mass is 424 g/mol. The summed E-state index contributed by atoms with van der Waals surface area (Å²) in [5.41, 5.74) is 5.46. The molecule has 1 amide bonds. The fourth-order valence-corrected chi connectivity index (χ4v) is 3.31. The van der Waals surface area contributed by atoms with Crippen molar-refractivity contribution in [3.05, 3.63) is 102 Å². The van der Waals surface area contributed by atoms with Crippen LogP contribution in [0.4, 0.5) is 11.5 Å². The number of benzene rings is 3. The molecule has 1 heterocycles. The van der Waals surface area contributed by atoms with E-state index in [0.29, 0.717) is 17.9 Å². The molecule has 4 aromatic rings. The van der Waals surface area contributed by atoms with Crippen molar-refractivity contribution >= 4 is 17.4 Å². The summed E-state index contributed by atoms with van der Waals surface area (Å²) >= 11 is 0. The Hall–Kier alpha value is -4.19. The number of anilines is 2. The van der Waals surface area contributed by atoms with Crippen molar-refractivity contribution in [2.75, 3.05) is 12.4 Å². The van der Waals surface area contributed by atoms with Gasteiger partial charge in [0.1, 0.15) is 17.9 Å². The molecule has 32 heavy (non-hydrogen) atoms. The van der Waals surface area contributed by atoms with Crippen LogP contribution in [-0.2, 0) is 6.54 Å². The quantitative estimate of drug-likeness (QED) is 0.430. The number of ether oxygens (including phenoxy) is 1. The maximum Gasteiger partial charge on any atom is 0.251 e. The predicted octanol–water partition coefficient (Wildman–Crippen LogP) is 5.13. The Morgan fingerprint density at radius 1 is 0.938 bits per heavy atom. The van der Waals surface area contributed by atoms with Gasteiger partial charge in [-0.15, -0.1) is 0 Å². The van der Waals surface area contributed by atoms with Gasteiger partial charge in [0.25, 0.3) is 5.91 Å². The van der Waals surface area contributed by atoms with E-state index in [0.717, 1.165) is 28.3 Å². The van der Waals surface area contributed by atoms with Crippen molar-refractivity contribution in [2.24, 2.45) is 0 Å². The van der Waals surface area contributed by atoms with Crippen LogP contribution in [0.1, 0.15) is 21.5 Å². The van der Waals surface area contributed by atoms with Gasteiger partial charge in [-0.3, -0.25) is 4.79 Å². The minimum Gasteiger partial charge on any atom is -0.497 e. The third-order valence-corrected chi connectivity index (χ3v) is 4.99. The molecule has 0 aliphatic heterocycles. The Bertz CT molecular complexity index is 1220. The van der Waals surface area contributed by atoms with Gasteiger partial charge in [-0.1, -0.05) is 35.9 Å². The Labute approximate surface area is 187 Å². The van der Waals surface area contributed by atoms with E-state index in [1.807, 2.05) is 54.6 Å². The molecular weight excluding hydrogens is 400 g/mol. The highest BCUT2D eigenvalue weighted by Gasteiger charge is 2.07. The Morgan fingerprint density at radius 2 is 1.75 bits per heavy atom. The number of hydrogen-bond acceptors (Lipinski definition) is 5. The first-order valence-corrected chi connectivity index (χ1v) is 10.3. The number of methoxy groups -OCH3 is 1. The lowest BCUT2D eigenvalue weighted by atomic mass is 10.1. The standard InChI is InChI=1S/C26H24N4O2/c1-18-5-3-7-21(13-18)24-15-25(29-17-28-24)30-22-11-9-20(10-12-22)26(31)27-16-19-6-4-8-23(14-19)32-2/h3-15,17H,16H2,1-2H3,(H,27,31)(H,28,29,30). The summed E-state index contributed by atoms with van der Waals surface area (Å²) in [6.07, 6.45) is 1.54. The molecule has 0 saturated heterocycles. The number of amides is 1. The highest BCUT2D eigenvalue weighted by atomic mass is 16.5. The molecule has 0 aliphatic rings. The minimum atomic E-state index is -0.136. The van der Waals surface area contributed by atoms with E-state index in [1.54, 1.807) is 25.6 Å². The molecule has 6 heteroatoms. The van der Waals surface area contributed by atoms with Crippen molar-refractivity contribution in [2.45, 2.75) is 13.5 Å². The van der Waals surface area contributed by atoms with E-state index in [-0.39, 0.29) is 5.91 Å². The average molecular weight is 425 g/mol. The number of carbonyl (C=O) groups is 1. The summed E-state index contributed by atoms with van der Waals surface area (Å²) in [5, 5.41) is 6.20. The molecule has 0 saturated carbocycles. The van der Waals surface area contributed by atoms with Gasteiger partial charge < -0.3 is 15.4 Å². The van der Waals surface area contributed by atoms with Crippen LogP contribution in [0.5, 0.6) is 5.75 Å². The Kier molecular flexibility index (Phi) is 6.41. The van der Waals surface area contributed by atoms with Crippen molar-refractivity contribution in [3.63, 3.8) is 0 Å². The number of carbonyl (C=O) groups excluding carboxylic acids is 1. The van der Waals surface area contributed by atoms with Crippen molar-refractivity contribution < 1.29 is 9.53 Å². The number of nitrogens with zero attached hydrogens (tertiary/aromatic N) is 2. The molecular formula is C26H24N4O2. The SMILES string of the molecule is COc1cccc(CNC(=O)c2ccc(Nc3cc(-c4cccc(C)c4)ncn3)cc2)c1. The van der Waals surface area contributed by atoms with Gasteiger partial charge in [-0.25, -0.2) is 9.97 Å². The van der Waals surface area contributed by atoms with Crippen molar-refractivity contribution in [3.8, 4) is 17.0 Å². The number of rotatable bonds is 7. The minimum absolute atomic E-state index is 0.136. The van der Waals surface area contributed by atoms with Crippen LogP contribution in [0.2, 0.25) is 0 Å². The van der Waals surface area contributed by atoms with E-state index >= 15 is 0 Å². The topological polar surface area (TPSA) is 76.1 Å². The Balaban J connectivity index is 1.39. The van der Waals surface area contributed by atoms with Crippen molar-refractivity contribution in [1.82, 2.24) is 15.3 Å². The van der Waals surface area contributed by atoms with Gasteiger partial charge in [-0.2, -0.15) is 0 Å². The van der Waals surface area contributed by atoms with Crippen LogP contribution in [0.25, 0.3) is 11.3 Å². The molecule has 0 bridgehead atoms. The van der Waals surface area contributed by atoms with Gasteiger partial charge in [0.2, 0.25) is 0 Å². The fraction of sp³-hybridized carbons (Fsp3) is 0.115. The second-order valence-corrected chi connectivity index (χ2v) is 7.39. The number of aromatic nitrogens is 2. The molecule has 0 fully saturated rings. The number of hydrogen-bond donors (Lipinski definition) is 2. The maximum absolute atomic E-state index is 12.5. The van der Waals surface area contributed by atoms with Gasteiger partial charge in [0.15, 0.2) is 0 Å². The van der Waals surface area contributed by atoms with Crippen LogP contribution < -0.4 is 15.4 Å². The molecule has 0 spiro atoms. The summed E-state index contributed by atoms with van der Waals surface area (Å²) in [6, 6.07) is 25.0. The van der Waals surface area contributed by atoms with Crippen molar-refractivity contribution in [1.29, 1.82) is 0 Å². The normalized spacial score (nSPS) is 10.4. The highest BCUT2D eigenvalue weighted by Crippen LogP contribution is 2.22. The van der Waals surface area contributed by atoms with Gasteiger partial charge >= 0.3 is 0 Å². The summed E-state index contributed by atoms with van der Waals surface area (Å²) in [5.74, 6) is 1.32. The molecule has 0 radical (unpaired) electrons. The van der Waals surface area contributed by atoms with E-state index in [9.17, 15) is 4.79 Å². The molecule has 0 aliphatic carbocycles. The Morgan fingerprint density at radius 3 is 2.53 bits per heavy atom. The van der Waals surface area contributed by atoms with Crippen LogP contribution >= 0.6 is 0 Å². The summed E-state index contributed by atoms with van der Waals surface area (Å²) < 4.78 is 5.22. The third-order valence-electron chi connectivity index (χ3n) is 4.99. The summed E-state index contributed by atoms with van der Waals surface area (Å²) in [4.78, 5) is 21.2. The fourth-order valence-electron chi connectivity index (χ4n) is 3.31. The molecule has 0 unspecified atom stereocenters. The number of aryl methyl sites for hydroxylation is 1. The zero-order chi connectivity index (χ0) is 22.3. The maximum atomic E-state index is 12.5. The van der Waals surface area contributed by atoms with Gasteiger partial charge in [-0.05, 0) is 55.0 Å². The zero-order valence-electron chi connectivity index (χ0n) is 18.0. The van der Waals surface area contributed by atoms with Gasteiger partial charge in [0.05, 0.1) is 12.8 Å². The zero-order valence-corrected chi connectivity index (χ0v) is 18.0. The lowest BCUT2D eigenvalue weighted by Gasteiger charge is -2.09. The molecule has 0 atom stereocenters. The van der Waals surface area contributed by atoms with Crippen LogP contribution in [0, 0.1) is 6.92 Å². The molecule has 4 rings (SSSR count).